The number of carbonyl (C=O) groups excluding carboxylic acids is 2. The van der Waals surface area contributed by atoms with Gasteiger partial charge in [-0.15, -0.1) is 0 Å². The Labute approximate surface area is 158 Å². The monoisotopic (exact) mass is 384 g/mol. The summed E-state index contributed by atoms with van der Waals surface area (Å²) in [5.74, 6) is -1.00. The first-order valence-corrected chi connectivity index (χ1v) is 9.98. The van der Waals surface area contributed by atoms with Crippen LogP contribution in [0.15, 0.2) is 47.4 Å². The number of amides is 2. The summed E-state index contributed by atoms with van der Waals surface area (Å²) in [6, 6.07) is 12.2. The fraction of sp³-hybridized carbons (Fsp3) is 0.200. The number of rotatable bonds is 4. The van der Waals surface area contributed by atoms with Crippen LogP contribution >= 0.6 is 0 Å². The van der Waals surface area contributed by atoms with Crippen LogP contribution in [-0.2, 0) is 21.2 Å². The first-order chi connectivity index (χ1) is 12.8. The zero-order valence-corrected chi connectivity index (χ0v) is 15.9. The highest BCUT2D eigenvalue weighted by Gasteiger charge is 2.24. The van der Waals surface area contributed by atoms with Gasteiger partial charge in [-0.3, -0.25) is 9.59 Å². The maximum atomic E-state index is 12.6. The quantitative estimate of drug-likeness (QED) is 0.848. The molecule has 0 aromatic heterocycles. The van der Waals surface area contributed by atoms with Gasteiger partial charge in [0.25, 0.3) is 15.9 Å². The predicted octanol–water partition coefficient (Wildman–Crippen LogP) is 3.00. The van der Waals surface area contributed by atoms with Crippen LogP contribution in [0, 0.1) is 6.92 Å². The first kappa shape index (κ1) is 18.8. The van der Waals surface area contributed by atoms with Gasteiger partial charge >= 0.3 is 0 Å². The summed E-state index contributed by atoms with van der Waals surface area (Å²) in [7, 11) is -3.95. The molecular formula is C20H20N2O4S. The highest BCUT2D eigenvalue weighted by atomic mass is 32.2. The minimum absolute atomic E-state index is 0.157. The van der Waals surface area contributed by atoms with Gasteiger partial charge in [0.15, 0.2) is 0 Å². The molecule has 1 aliphatic carbocycles. The van der Waals surface area contributed by atoms with Crippen molar-refractivity contribution in [1.29, 1.82) is 0 Å². The van der Waals surface area contributed by atoms with Crippen LogP contribution in [0.3, 0.4) is 0 Å². The van der Waals surface area contributed by atoms with Gasteiger partial charge in [-0.2, -0.15) is 0 Å². The van der Waals surface area contributed by atoms with Crippen molar-refractivity contribution in [2.24, 2.45) is 0 Å². The maximum Gasteiger partial charge on any atom is 0.265 e. The zero-order chi connectivity index (χ0) is 19.6. The number of aryl methyl sites for hydroxylation is 2. The lowest BCUT2D eigenvalue weighted by atomic mass is 9.98. The predicted molar refractivity (Wildman–Crippen MR) is 105 cm³/mol. The third-order valence-corrected chi connectivity index (χ3v) is 5.86. The number of hydrogen-bond donors (Lipinski definition) is 2. The van der Waals surface area contributed by atoms with Crippen molar-refractivity contribution in [3.8, 4) is 0 Å². The van der Waals surface area contributed by atoms with Crippen LogP contribution in [0.2, 0.25) is 0 Å². The Morgan fingerprint density at radius 3 is 2.52 bits per heavy atom. The Morgan fingerprint density at radius 1 is 1.04 bits per heavy atom. The van der Waals surface area contributed by atoms with E-state index in [1.807, 2.05) is 24.3 Å². The number of hydrogen-bond acceptors (Lipinski definition) is 4. The van der Waals surface area contributed by atoms with Crippen LogP contribution < -0.4 is 10.0 Å². The average molecular weight is 384 g/mol. The van der Waals surface area contributed by atoms with Crippen molar-refractivity contribution in [2.45, 2.75) is 26.7 Å². The Morgan fingerprint density at radius 2 is 1.78 bits per heavy atom. The van der Waals surface area contributed by atoms with E-state index >= 15 is 0 Å². The summed E-state index contributed by atoms with van der Waals surface area (Å²) in [6.07, 6.45) is 2.55. The number of carbonyl (C=O) groups is 2. The van der Waals surface area contributed by atoms with Crippen molar-refractivity contribution >= 4 is 33.6 Å². The number of allylic oxidation sites excluding steroid dienone is 1. The number of anilines is 1. The minimum Gasteiger partial charge on any atom is -0.326 e. The van der Waals surface area contributed by atoms with Gasteiger partial charge in [-0.1, -0.05) is 30.3 Å². The molecule has 27 heavy (non-hydrogen) atoms. The van der Waals surface area contributed by atoms with E-state index in [4.69, 9.17) is 0 Å². The molecule has 0 saturated heterocycles. The molecule has 0 spiro atoms. The molecule has 0 fully saturated rings. The molecule has 7 heteroatoms. The van der Waals surface area contributed by atoms with Gasteiger partial charge in [0.05, 0.1) is 4.91 Å². The Kier molecular flexibility index (Phi) is 5.14. The van der Waals surface area contributed by atoms with Crippen LogP contribution in [0.4, 0.5) is 5.69 Å². The summed E-state index contributed by atoms with van der Waals surface area (Å²) >= 11 is 0. The van der Waals surface area contributed by atoms with Gasteiger partial charge < -0.3 is 5.32 Å². The lowest BCUT2D eigenvalue weighted by Gasteiger charge is -2.17. The molecule has 2 N–H and O–H groups in total. The third kappa shape index (κ3) is 4.25. The molecule has 6 nitrogen and oxygen atoms in total. The molecule has 2 aromatic rings. The first-order valence-electron chi connectivity index (χ1n) is 8.50. The normalized spacial score (nSPS) is 13.3. The second kappa shape index (κ2) is 7.36. The second-order valence-corrected chi connectivity index (χ2v) is 8.19. The molecule has 0 unspecified atom stereocenters. The Balaban J connectivity index is 1.83. The standard InChI is InChI=1S/C20H20N2O4S/c1-13-7-8-17(12-19(13)21-14(2)23)20(24)22-27(25,26)18-10-9-15-5-3-4-6-16(15)11-18/h3-8,11-12H,9-10H2,1-2H3,(H,21,23)(H,22,24). The zero-order valence-electron chi connectivity index (χ0n) is 15.1. The fourth-order valence-corrected chi connectivity index (χ4v) is 4.10. The highest BCUT2D eigenvalue weighted by Crippen LogP contribution is 2.26. The number of sulfonamides is 1. The van der Waals surface area contributed by atoms with Crippen LogP contribution in [0.1, 0.15) is 40.4 Å². The fourth-order valence-electron chi connectivity index (χ4n) is 2.95. The highest BCUT2D eigenvalue weighted by molar-refractivity contribution is 7.94. The summed E-state index contributed by atoms with van der Waals surface area (Å²) < 4.78 is 27.4. The second-order valence-electron chi connectivity index (χ2n) is 6.45. The molecule has 0 aliphatic heterocycles. The lowest BCUT2D eigenvalue weighted by Crippen LogP contribution is -2.32. The summed E-state index contributed by atoms with van der Waals surface area (Å²) in [6.45, 7) is 3.15. The number of fused-ring (bicyclic) bond motifs is 1. The molecule has 2 aromatic carbocycles. The SMILES string of the molecule is CC(=O)Nc1cc(C(=O)NS(=O)(=O)C2=Cc3ccccc3CC2)ccc1C. The smallest absolute Gasteiger partial charge is 0.265 e. The van der Waals surface area contributed by atoms with E-state index in [1.165, 1.54) is 19.1 Å². The van der Waals surface area contributed by atoms with E-state index in [-0.39, 0.29) is 16.4 Å². The third-order valence-electron chi connectivity index (χ3n) is 4.40. The van der Waals surface area contributed by atoms with E-state index in [0.717, 1.165) is 16.7 Å². The molecule has 0 heterocycles. The molecule has 1 aliphatic rings. The van der Waals surface area contributed by atoms with E-state index in [2.05, 4.69) is 10.0 Å². The average Bonchev–Trinajstić information content (AvgIpc) is 2.62. The summed E-state index contributed by atoms with van der Waals surface area (Å²) in [5.41, 5.74) is 3.33. The number of benzene rings is 2. The summed E-state index contributed by atoms with van der Waals surface area (Å²) in [5, 5.41) is 2.63. The molecule has 0 atom stereocenters. The Hall–Kier alpha value is -2.93. The molecule has 0 saturated carbocycles. The van der Waals surface area contributed by atoms with Crippen molar-refractivity contribution in [3.05, 3.63) is 69.6 Å². The topological polar surface area (TPSA) is 92.3 Å². The maximum absolute atomic E-state index is 12.6. The van der Waals surface area contributed by atoms with Crippen molar-refractivity contribution in [1.82, 2.24) is 4.72 Å². The molecule has 3 rings (SSSR count). The van der Waals surface area contributed by atoms with Crippen LogP contribution in [0.25, 0.3) is 6.08 Å². The van der Waals surface area contributed by atoms with Crippen molar-refractivity contribution in [2.75, 3.05) is 5.32 Å². The van der Waals surface area contributed by atoms with Gasteiger partial charge in [0, 0.05) is 18.2 Å². The van der Waals surface area contributed by atoms with Crippen LogP contribution in [0.5, 0.6) is 0 Å². The molecule has 0 radical (unpaired) electrons. The minimum atomic E-state index is -3.95. The van der Waals surface area contributed by atoms with E-state index in [0.29, 0.717) is 18.5 Å². The van der Waals surface area contributed by atoms with Gasteiger partial charge in [0.1, 0.15) is 0 Å². The largest absolute Gasteiger partial charge is 0.326 e. The van der Waals surface area contributed by atoms with Crippen molar-refractivity contribution in [3.63, 3.8) is 0 Å². The Bertz CT molecular complexity index is 1060. The molecule has 0 bridgehead atoms. The van der Waals surface area contributed by atoms with E-state index in [1.54, 1.807) is 19.1 Å². The van der Waals surface area contributed by atoms with Gasteiger partial charge in [-0.05, 0) is 54.7 Å². The molecule has 2 amide bonds. The van der Waals surface area contributed by atoms with Gasteiger partial charge in [0.2, 0.25) is 5.91 Å². The molecule has 140 valence electrons. The molecular weight excluding hydrogens is 364 g/mol. The van der Waals surface area contributed by atoms with Gasteiger partial charge in [-0.25, -0.2) is 13.1 Å². The van der Waals surface area contributed by atoms with Crippen molar-refractivity contribution < 1.29 is 18.0 Å². The summed E-state index contributed by atoms with van der Waals surface area (Å²) in [4.78, 5) is 23.9. The lowest BCUT2D eigenvalue weighted by molar-refractivity contribution is -0.114. The van der Waals surface area contributed by atoms with Crippen LogP contribution in [-0.4, -0.2) is 20.2 Å². The van der Waals surface area contributed by atoms with E-state index in [9.17, 15) is 18.0 Å². The number of nitrogens with one attached hydrogen (secondary N) is 2. The van der Waals surface area contributed by atoms with E-state index < -0.39 is 15.9 Å².